The highest BCUT2D eigenvalue weighted by Crippen LogP contribution is 2.32. The molecule has 0 spiro atoms. The third-order valence-corrected chi connectivity index (χ3v) is 2.99. The van der Waals surface area contributed by atoms with Crippen LogP contribution in [0, 0.1) is 0 Å². The number of nitrogens with zero attached hydrogens (tertiary/aromatic N) is 2. The summed E-state index contributed by atoms with van der Waals surface area (Å²) in [5.41, 5.74) is 1.37. The van der Waals surface area contributed by atoms with E-state index in [-0.39, 0.29) is 19.2 Å². The number of urea groups is 1. The number of benzene rings is 1. The van der Waals surface area contributed by atoms with Gasteiger partial charge in [0.25, 0.3) is 0 Å². The maximum absolute atomic E-state index is 12.2. The minimum Gasteiger partial charge on any atom is -0.395 e. The van der Waals surface area contributed by atoms with Crippen LogP contribution in [0.1, 0.15) is 0 Å². The SMILES string of the molecule is C=CCN(CCO)C(=O)Nc1cccc(Cl)c1N(C)C. The van der Waals surface area contributed by atoms with E-state index in [1.54, 1.807) is 24.3 Å². The number of rotatable bonds is 6. The summed E-state index contributed by atoms with van der Waals surface area (Å²) >= 11 is 6.15. The van der Waals surface area contributed by atoms with Crippen LogP contribution in [-0.2, 0) is 0 Å². The van der Waals surface area contributed by atoms with Gasteiger partial charge < -0.3 is 20.2 Å². The second-order valence-corrected chi connectivity index (χ2v) is 4.83. The quantitative estimate of drug-likeness (QED) is 0.793. The highest BCUT2D eigenvalue weighted by molar-refractivity contribution is 6.34. The average molecular weight is 298 g/mol. The first-order valence-electron chi connectivity index (χ1n) is 6.24. The van der Waals surface area contributed by atoms with E-state index in [0.717, 1.165) is 5.69 Å². The van der Waals surface area contributed by atoms with Gasteiger partial charge >= 0.3 is 6.03 Å². The second kappa shape index (κ2) is 7.77. The van der Waals surface area contributed by atoms with Gasteiger partial charge in [-0.1, -0.05) is 23.7 Å². The van der Waals surface area contributed by atoms with Gasteiger partial charge in [-0.05, 0) is 12.1 Å². The van der Waals surface area contributed by atoms with Gasteiger partial charge in [-0.3, -0.25) is 0 Å². The maximum Gasteiger partial charge on any atom is 0.322 e. The second-order valence-electron chi connectivity index (χ2n) is 4.42. The molecule has 1 aromatic carbocycles. The summed E-state index contributed by atoms with van der Waals surface area (Å²) in [4.78, 5) is 15.5. The van der Waals surface area contributed by atoms with Crippen molar-refractivity contribution < 1.29 is 9.90 Å². The topological polar surface area (TPSA) is 55.8 Å². The van der Waals surface area contributed by atoms with Gasteiger partial charge in [0.2, 0.25) is 0 Å². The smallest absolute Gasteiger partial charge is 0.322 e. The number of amides is 2. The number of halogens is 1. The Kier molecular flexibility index (Phi) is 6.35. The summed E-state index contributed by atoms with van der Waals surface area (Å²) < 4.78 is 0. The van der Waals surface area contributed by atoms with E-state index >= 15 is 0 Å². The molecule has 5 nitrogen and oxygen atoms in total. The third kappa shape index (κ3) is 4.15. The predicted octanol–water partition coefficient (Wildman–Crippen LogP) is 2.42. The number of anilines is 2. The molecule has 0 aliphatic rings. The van der Waals surface area contributed by atoms with Crippen molar-refractivity contribution in [2.24, 2.45) is 0 Å². The predicted molar refractivity (Wildman–Crippen MR) is 83.7 cm³/mol. The third-order valence-electron chi connectivity index (χ3n) is 2.68. The van der Waals surface area contributed by atoms with E-state index in [4.69, 9.17) is 16.7 Å². The van der Waals surface area contributed by atoms with Crippen molar-refractivity contribution in [1.29, 1.82) is 0 Å². The number of hydrogen-bond acceptors (Lipinski definition) is 3. The van der Waals surface area contributed by atoms with Gasteiger partial charge in [-0.15, -0.1) is 6.58 Å². The maximum atomic E-state index is 12.2. The number of aliphatic hydroxyl groups excluding tert-OH is 1. The average Bonchev–Trinajstić information content (AvgIpc) is 2.38. The van der Waals surface area contributed by atoms with Crippen LogP contribution in [0.5, 0.6) is 0 Å². The van der Waals surface area contributed by atoms with Crippen molar-refractivity contribution in [2.75, 3.05) is 44.0 Å². The fourth-order valence-corrected chi connectivity index (χ4v) is 2.16. The molecular weight excluding hydrogens is 278 g/mol. The number of aliphatic hydroxyl groups is 1. The molecule has 2 amide bonds. The van der Waals surface area contributed by atoms with E-state index in [9.17, 15) is 4.79 Å². The number of hydrogen-bond donors (Lipinski definition) is 2. The molecule has 0 aliphatic carbocycles. The van der Waals surface area contributed by atoms with Crippen molar-refractivity contribution in [3.8, 4) is 0 Å². The van der Waals surface area contributed by atoms with Gasteiger partial charge in [0.15, 0.2) is 0 Å². The van der Waals surface area contributed by atoms with Crippen molar-refractivity contribution in [3.63, 3.8) is 0 Å². The minimum absolute atomic E-state index is 0.0999. The zero-order chi connectivity index (χ0) is 15.1. The standard InChI is InChI=1S/C14H20ClN3O2/c1-4-8-18(9-10-19)14(20)16-12-7-5-6-11(15)13(12)17(2)3/h4-7,19H,1,8-10H2,2-3H3,(H,16,20). The largest absolute Gasteiger partial charge is 0.395 e. The first-order valence-corrected chi connectivity index (χ1v) is 6.62. The zero-order valence-electron chi connectivity index (χ0n) is 11.8. The van der Waals surface area contributed by atoms with E-state index in [1.807, 2.05) is 19.0 Å². The normalized spacial score (nSPS) is 10.0. The summed E-state index contributed by atoms with van der Waals surface area (Å²) in [6, 6.07) is 5.02. The van der Waals surface area contributed by atoms with Gasteiger partial charge in [0.1, 0.15) is 0 Å². The lowest BCUT2D eigenvalue weighted by atomic mass is 10.2. The summed E-state index contributed by atoms with van der Waals surface area (Å²) in [6.07, 6.45) is 1.61. The molecule has 0 radical (unpaired) electrons. The summed E-state index contributed by atoms with van der Waals surface area (Å²) in [7, 11) is 3.71. The van der Waals surface area contributed by atoms with Crippen LogP contribution in [0.4, 0.5) is 16.2 Å². The van der Waals surface area contributed by atoms with Crippen LogP contribution in [-0.4, -0.2) is 49.8 Å². The molecule has 0 saturated carbocycles. The van der Waals surface area contributed by atoms with E-state index in [0.29, 0.717) is 17.3 Å². The van der Waals surface area contributed by atoms with Crippen molar-refractivity contribution in [3.05, 3.63) is 35.9 Å². The van der Waals surface area contributed by atoms with Crippen molar-refractivity contribution in [2.45, 2.75) is 0 Å². The molecule has 20 heavy (non-hydrogen) atoms. The van der Waals surface area contributed by atoms with Crippen LogP contribution in [0.2, 0.25) is 5.02 Å². The molecule has 1 aromatic rings. The summed E-state index contributed by atoms with van der Waals surface area (Å²) in [6.45, 7) is 4.11. The fourth-order valence-electron chi connectivity index (χ4n) is 1.82. The molecule has 0 aliphatic heterocycles. The number of carbonyl (C=O) groups excluding carboxylic acids is 1. The Morgan fingerprint density at radius 2 is 2.20 bits per heavy atom. The Morgan fingerprint density at radius 3 is 2.75 bits per heavy atom. The molecule has 0 aromatic heterocycles. The van der Waals surface area contributed by atoms with Crippen LogP contribution in [0.3, 0.4) is 0 Å². The molecule has 0 bridgehead atoms. The van der Waals surface area contributed by atoms with E-state index in [1.165, 1.54) is 4.90 Å². The molecule has 0 fully saturated rings. The lowest BCUT2D eigenvalue weighted by Gasteiger charge is -2.24. The summed E-state index contributed by atoms with van der Waals surface area (Å²) in [5.74, 6) is 0. The Hall–Kier alpha value is -1.72. The molecule has 0 heterocycles. The highest BCUT2D eigenvalue weighted by Gasteiger charge is 2.15. The van der Waals surface area contributed by atoms with Gasteiger partial charge in [-0.2, -0.15) is 0 Å². The molecule has 0 atom stereocenters. The van der Waals surface area contributed by atoms with Crippen LogP contribution < -0.4 is 10.2 Å². The van der Waals surface area contributed by atoms with Crippen molar-refractivity contribution >= 4 is 29.0 Å². The molecule has 0 saturated heterocycles. The Morgan fingerprint density at radius 1 is 1.50 bits per heavy atom. The monoisotopic (exact) mass is 297 g/mol. The first-order chi connectivity index (χ1) is 9.51. The number of para-hydroxylation sites is 1. The first kappa shape index (κ1) is 16.3. The van der Waals surface area contributed by atoms with Gasteiger partial charge in [-0.25, -0.2) is 4.79 Å². The number of nitrogens with one attached hydrogen (secondary N) is 1. The van der Waals surface area contributed by atoms with Crippen LogP contribution >= 0.6 is 11.6 Å². The Balaban J connectivity index is 2.94. The molecule has 110 valence electrons. The lowest BCUT2D eigenvalue weighted by molar-refractivity contribution is 0.195. The molecular formula is C14H20ClN3O2. The van der Waals surface area contributed by atoms with Crippen LogP contribution in [0.15, 0.2) is 30.9 Å². The highest BCUT2D eigenvalue weighted by atomic mass is 35.5. The fraction of sp³-hybridized carbons (Fsp3) is 0.357. The Bertz CT molecular complexity index is 477. The molecule has 2 N–H and O–H groups in total. The van der Waals surface area contributed by atoms with Gasteiger partial charge in [0, 0.05) is 27.2 Å². The number of carbonyl (C=O) groups is 1. The molecule has 0 unspecified atom stereocenters. The van der Waals surface area contributed by atoms with Crippen molar-refractivity contribution in [1.82, 2.24) is 4.90 Å². The zero-order valence-corrected chi connectivity index (χ0v) is 12.5. The van der Waals surface area contributed by atoms with E-state index in [2.05, 4.69) is 11.9 Å². The van der Waals surface area contributed by atoms with Crippen LogP contribution in [0.25, 0.3) is 0 Å². The lowest BCUT2D eigenvalue weighted by Crippen LogP contribution is -2.37. The summed E-state index contributed by atoms with van der Waals surface area (Å²) in [5, 5.41) is 12.3. The van der Waals surface area contributed by atoms with E-state index < -0.39 is 0 Å². The van der Waals surface area contributed by atoms with Gasteiger partial charge in [0.05, 0.1) is 23.0 Å². The minimum atomic E-state index is -0.302. The Labute approximate surface area is 124 Å². The molecule has 1 rings (SSSR count). The molecule has 6 heteroatoms.